The highest BCUT2D eigenvalue weighted by Gasteiger charge is 2.15. The Kier molecular flexibility index (Phi) is 3.47. The van der Waals surface area contributed by atoms with Crippen LogP contribution in [0.5, 0.6) is 0 Å². The third kappa shape index (κ3) is 2.31. The predicted octanol–water partition coefficient (Wildman–Crippen LogP) is 3.42. The first-order valence-electron chi connectivity index (χ1n) is 5.78. The fraction of sp³-hybridized carbons (Fsp3) is 0.250. The molecule has 0 aliphatic rings. The molecule has 2 heterocycles. The zero-order chi connectivity index (χ0) is 14.3. The molecular formula is C12H9BrClFN4O. The van der Waals surface area contributed by atoms with Crippen LogP contribution in [0.3, 0.4) is 0 Å². The number of benzene rings is 1. The quantitative estimate of drug-likeness (QED) is 0.672. The Morgan fingerprint density at radius 2 is 2.20 bits per heavy atom. The van der Waals surface area contributed by atoms with Crippen molar-refractivity contribution in [3.05, 3.63) is 40.0 Å². The molecule has 20 heavy (non-hydrogen) atoms. The molecule has 0 saturated heterocycles. The molecule has 104 valence electrons. The summed E-state index contributed by atoms with van der Waals surface area (Å²) >= 11 is 9.07. The molecule has 0 amide bonds. The van der Waals surface area contributed by atoms with Crippen molar-refractivity contribution in [1.82, 2.24) is 19.7 Å². The van der Waals surface area contributed by atoms with Crippen molar-refractivity contribution < 1.29 is 8.91 Å². The molecule has 0 atom stereocenters. The molecule has 0 spiro atoms. The molecule has 8 heteroatoms. The summed E-state index contributed by atoms with van der Waals surface area (Å²) in [6, 6.07) is 3.04. The van der Waals surface area contributed by atoms with Crippen LogP contribution >= 0.6 is 27.5 Å². The second kappa shape index (κ2) is 5.14. The summed E-state index contributed by atoms with van der Waals surface area (Å²) < 4.78 is 20.7. The summed E-state index contributed by atoms with van der Waals surface area (Å²) in [4.78, 5) is 8.47. The molecule has 0 N–H and O–H groups in total. The maximum Gasteiger partial charge on any atom is 0.223 e. The topological polar surface area (TPSA) is 56.7 Å². The van der Waals surface area contributed by atoms with Gasteiger partial charge in [-0.25, -0.2) is 9.37 Å². The van der Waals surface area contributed by atoms with E-state index in [0.717, 1.165) is 5.52 Å². The van der Waals surface area contributed by atoms with Gasteiger partial charge in [0.15, 0.2) is 5.82 Å². The van der Waals surface area contributed by atoms with Crippen LogP contribution in [-0.4, -0.2) is 19.7 Å². The molecule has 0 aliphatic heterocycles. The van der Waals surface area contributed by atoms with Crippen molar-refractivity contribution in [2.45, 2.75) is 19.3 Å². The van der Waals surface area contributed by atoms with Gasteiger partial charge in [0.25, 0.3) is 0 Å². The third-order valence-electron chi connectivity index (χ3n) is 2.86. The van der Waals surface area contributed by atoms with Gasteiger partial charge < -0.3 is 9.09 Å². The highest BCUT2D eigenvalue weighted by molar-refractivity contribution is 9.10. The SMILES string of the molecule is Cc1nc(Cn2c(CCl)nc3cc(F)c(Br)cc32)no1. The minimum Gasteiger partial charge on any atom is -0.340 e. The summed E-state index contributed by atoms with van der Waals surface area (Å²) in [6.45, 7) is 2.09. The largest absolute Gasteiger partial charge is 0.340 e. The van der Waals surface area contributed by atoms with Crippen LogP contribution in [0.25, 0.3) is 11.0 Å². The van der Waals surface area contributed by atoms with E-state index in [9.17, 15) is 4.39 Å². The van der Waals surface area contributed by atoms with Gasteiger partial charge in [-0.05, 0) is 22.0 Å². The van der Waals surface area contributed by atoms with E-state index in [-0.39, 0.29) is 11.7 Å². The molecule has 0 saturated carbocycles. The van der Waals surface area contributed by atoms with E-state index in [1.807, 2.05) is 4.57 Å². The van der Waals surface area contributed by atoms with E-state index in [4.69, 9.17) is 16.1 Å². The number of fused-ring (bicyclic) bond motifs is 1. The molecule has 0 unspecified atom stereocenters. The van der Waals surface area contributed by atoms with E-state index in [1.165, 1.54) is 6.07 Å². The molecule has 3 aromatic rings. The van der Waals surface area contributed by atoms with E-state index >= 15 is 0 Å². The maximum absolute atomic E-state index is 13.6. The lowest BCUT2D eigenvalue weighted by Crippen LogP contribution is -2.05. The third-order valence-corrected chi connectivity index (χ3v) is 3.70. The minimum atomic E-state index is -0.362. The van der Waals surface area contributed by atoms with Gasteiger partial charge in [-0.2, -0.15) is 4.98 Å². The van der Waals surface area contributed by atoms with Crippen LogP contribution in [0.15, 0.2) is 21.1 Å². The molecule has 5 nitrogen and oxygen atoms in total. The lowest BCUT2D eigenvalue weighted by molar-refractivity contribution is 0.386. The number of imidazole rings is 1. The fourth-order valence-corrected chi connectivity index (χ4v) is 2.53. The number of rotatable bonds is 3. The smallest absolute Gasteiger partial charge is 0.223 e. The second-order valence-corrected chi connectivity index (χ2v) is 5.35. The van der Waals surface area contributed by atoms with Crippen molar-refractivity contribution in [1.29, 1.82) is 0 Å². The van der Waals surface area contributed by atoms with E-state index < -0.39 is 0 Å². The van der Waals surface area contributed by atoms with Gasteiger partial charge in [0.2, 0.25) is 5.89 Å². The van der Waals surface area contributed by atoms with E-state index in [1.54, 1.807) is 13.0 Å². The second-order valence-electron chi connectivity index (χ2n) is 4.23. The van der Waals surface area contributed by atoms with Crippen LogP contribution in [0.2, 0.25) is 0 Å². The predicted molar refractivity (Wildman–Crippen MR) is 75.1 cm³/mol. The monoisotopic (exact) mass is 358 g/mol. The Hall–Kier alpha value is -1.47. The van der Waals surface area contributed by atoms with Crippen molar-refractivity contribution in [3.8, 4) is 0 Å². The van der Waals surface area contributed by atoms with E-state index in [2.05, 4.69) is 31.1 Å². The number of aromatic nitrogens is 4. The highest BCUT2D eigenvalue weighted by Crippen LogP contribution is 2.25. The molecule has 2 aromatic heterocycles. The van der Waals surface area contributed by atoms with E-state index in [0.29, 0.717) is 34.1 Å². The number of hydrogen-bond donors (Lipinski definition) is 0. The standard InChI is InChI=1S/C12H9BrClFN4O/c1-6-16-11(18-20-6)5-19-10-2-7(13)8(15)3-9(10)17-12(19)4-14/h2-3H,4-5H2,1H3. The van der Waals surface area contributed by atoms with Gasteiger partial charge in [0, 0.05) is 13.0 Å². The molecule has 0 aliphatic carbocycles. The molecule has 0 bridgehead atoms. The summed E-state index contributed by atoms with van der Waals surface area (Å²) in [5, 5.41) is 3.85. The van der Waals surface area contributed by atoms with Crippen LogP contribution in [-0.2, 0) is 12.4 Å². The van der Waals surface area contributed by atoms with Crippen molar-refractivity contribution in [2.24, 2.45) is 0 Å². The Morgan fingerprint density at radius 3 is 2.85 bits per heavy atom. The molecule has 1 aromatic carbocycles. The number of alkyl halides is 1. The first kappa shape index (κ1) is 13.5. The van der Waals surface area contributed by atoms with Crippen LogP contribution in [0.4, 0.5) is 4.39 Å². The van der Waals surface area contributed by atoms with Crippen LogP contribution in [0, 0.1) is 12.7 Å². The average molecular weight is 360 g/mol. The van der Waals surface area contributed by atoms with Gasteiger partial charge in [-0.1, -0.05) is 5.16 Å². The van der Waals surface area contributed by atoms with Crippen LogP contribution in [0.1, 0.15) is 17.5 Å². The molecule has 0 fully saturated rings. The van der Waals surface area contributed by atoms with Crippen molar-refractivity contribution >= 4 is 38.6 Å². The Balaban J connectivity index is 2.14. The normalized spacial score (nSPS) is 11.4. The van der Waals surface area contributed by atoms with Gasteiger partial charge in [-0.3, -0.25) is 0 Å². The maximum atomic E-state index is 13.6. The van der Waals surface area contributed by atoms with Crippen molar-refractivity contribution in [2.75, 3.05) is 0 Å². The number of aryl methyl sites for hydroxylation is 1. The molecule has 3 rings (SSSR count). The van der Waals surface area contributed by atoms with Crippen LogP contribution < -0.4 is 0 Å². The first-order valence-corrected chi connectivity index (χ1v) is 7.10. The summed E-state index contributed by atoms with van der Waals surface area (Å²) in [6.07, 6.45) is 0. The Morgan fingerprint density at radius 1 is 1.40 bits per heavy atom. The number of halogens is 3. The summed E-state index contributed by atoms with van der Waals surface area (Å²) in [5.41, 5.74) is 1.30. The van der Waals surface area contributed by atoms with Gasteiger partial charge >= 0.3 is 0 Å². The summed E-state index contributed by atoms with van der Waals surface area (Å²) in [5.74, 6) is 1.49. The Bertz CT molecular complexity index is 785. The number of nitrogens with zero attached hydrogens (tertiary/aromatic N) is 4. The lowest BCUT2D eigenvalue weighted by Gasteiger charge is -2.04. The minimum absolute atomic E-state index is 0.213. The zero-order valence-corrected chi connectivity index (χ0v) is 12.7. The highest BCUT2D eigenvalue weighted by atomic mass is 79.9. The zero-order valence-electron chi connectivity index (χ0n) is 10.4. The average Bonchev–Trinajstić information content (AvgIpc) is 2.96. The molecule has 0 radical (unpaired) electrons. The van der Waals surface area contributed by atoms with Gasteiger partial charge in [0.1, 0.15) is 11.6 Å². The number of hydrogen-bond acceptors (Lipinski definition) is 4. The van der Waals surface area contributed by atoms with Gasteiger partial charge in [0.05, 0.1) is 27.9 Å². The molecular weight excluding hydrogens is 351 g/mol. The fourth-order valence-electron chi connectivity index (χ4n) is 2.00. The van der Waals surface area contributed by atoms with Gasteiger partial charge in [-0.15, -0.1) is 11.6 Å². The first-order chi connectivity index (χ1) is 9.58. The lowest BCUT2D eigenvalue weighted by atomic mass is 10.3. The summed E-state index contributed by atoms with van der Waals surface area (Å²) in [7, 11) is 0. The Labute approximate surface area is 126 Å². The van der Waals surface area contributed by atoms with Crippen molar-refractivity contribution in [3.63, 3.8) is 0 Å².